The first-order chi connectivity index (χ1) is 7.25. The van der Waals surface area contributed by atoms with Crippen LogP contribution in [-0.4, -0.2) is 15.5 Å². The molecule has 1 heterocycles. The van der Waals surface area contributed by atoms with Crippen LogP contribution in [0.15, 0.2) is 24.5 Å². The van der Waals surface area contributed by atoms with E-state index in [9.17, 15) is 4.79 Å². The maximum absolute atomic E-state index is 11.0. The minimum absolute atomic E-state index is 0.405. The molecule has 1 aromatic carbocycles. The zero-order chi connectivity index (χ0) is 10.4. The molecule has 4 heteroatoms. The fraction of sp³-hybridized carbons (Fsp3) is 0.273. The predicted molar refractivity (Wildman–Crippen MR) is 56.5 cm³/mol. The van der Waals surface area contributed by atoms with Crippen LogP contribution in [0.25, 0.3) is 11.0 Å². The van der Waals surface area contributed by atoms with Crippen LogP contribution < -0.4 is 5.73 Å². The fourth-order valence-electron chi connectivity index (χ4n) is 1.83. The lowest BCUT2D eigenvalue weighted by Gasteiger charge is -2.00. The molecule has 1 amide bonds. The Morgan fingerprint density at radius 2 is 2.27 bits per heavy atom. The highest BCUT2D eigenvalue weighted by Crippen LogP contribution is 2.37. The van der Waals surface area contributed by atoms with Gasteiger partial charge in [-0.3, -0.25) is 4.79 Å². The van der Waals surface area contributed by atoms with Crippen molar-refractivity contribution < 1.29 is 4.79 Å². The second-order valence-electron chi connectivity index (χ2n) is 3.95. The van der Waals surface area contributed by atoms with E-state index in [1.54, 1.807) is 12.1 Å². The van der Waals surface area contributed by atoms with Crippen LogP contribution >= 0.6 is 0 Å². The smallest absolute Gasteiger partial charge is 0.248 e. The molecule has 0 unspecified atom stereocenters. The summed E-state index contributed by atoms with van der Waals surface area (Å²) in [4.78, 5) is 15.3. The highest BCUT2D eigenvalue weighted by atomic mass is 16.1. The standard InChI is InChI=1S/C11H11N3O/c12-11(15)7-1-4-10-9(5-7)13-6-14(10)8-2-3-8/h1,4-6,8H,2-3H2,(H2,12,15). The number of carbonyl (C=O) groups is 1. The van der Waals surface area contributed by atoms with Crippen molar-refractivity contribution in [1.29, 1.82) is 0 Å². The van der Waals surface area contributed by atoms with Crippen LogP contribution in [0.5, 0.6) is 0 Å². The first-order valence-corrected chi connectivity index (χ1v) is 5.02. The summed E-state index contributed by atoms with van der Waals surface area (Å²) in [6, 6.07) is 6.03. The van der Waals surface area contributed by atoms with E-state index in [1.807, 2.05) is 12.4 Å². The number of hydrogen-bond donors (Lipinski definition) is 1. The van der Waals surface area contributed by atoms with Crippen molar-refractivity contribution in [2.45, 2.75) is 18.9 Å². The molecule has 1 fully saturated rings. The summed E-state index contributed by atoms with van der Waals surface area (Å²) in [5.41, 5.74) is 7.66. The van der Waals surface area contributed by atoms with Gasteiger partial charge in [0, 0.05) is 11.6 Å². The Bertz CT molecular complexity index is 540. The van der Waals surface area contributed by atoms with Gasteiger partial charge in [-0.15, -0.1) is 0 Å². The molecule has 0 saturated heterocycles. The molecule has 0 spiro atoms. The SMILES string of the molecule is NC(=O)c1ccc2c(c1)ncn2C1CC1. The van der Waals surface area contributed by atoms with Crippen molar-refractivity contribution in [3.8, 4) is 0 Å². The van der Waals surface area contributed by atoms with Crippen LogP contribution in [0.3, 0.4) is 0 Å². The summed E-state index contributed by atoms with van der Waals surface area (Å²) in [7, 11) is 0. The van der Waals surface area contributed by atoms with Crippen LogP contribution in [0.1, 0.15) is 29.2 Å². The molecule has 0 bridgehead atoms. The Labute approximate surface area is 86.7 Å². The number of aromatic nitrogens is 2. The van der Waals surface area contributed by atoms with Crippen molar-refractivity contribution >= 4 is 16.9 Å². The molecular formula is C11H11N3O. The van der Waals surface area contributed by atoms with Crippen LogP contribution in [0.2, 0.25) is 0 Å². The van der Waals surface area contributed by atoms with Gasteiger partial charge in [0.25, 0.3) is 0 Å². The second kappa shape index (κ2) is 2.82. The third-order valence-electron chi connectivity index (χ3n) is 2.80. The third kappa shape index (κ3) is 1.29. The first kappa shape index (κ1) is 8.47. The van der Waals surface area contributed by atoms with E-state index < -0.39 is 5.91 Å². The van der Waals surface area contributed by atoms with Gasteiger partial charge in [-0.05, 0) is 31.0 Å². The first-order valence-electron chi connectivity index (χ1n) is 5.02. The summed E-state index contributed by atoms with van der Waals surface area (Å²) >= 11 is 0. The van der Waals surface area contributed by atoms with Gasteiger partial charge in [-0.25, -0.2) is 4.98 Å². The number of carbonyl (C=O) groups excluding carboxylic acids is 1. The summed E-state index contributed by atoms with van der Waals surface area (Å²) in [6.07, 6.45) is 4.29. The quantitative estimate of drug-likeness (QED) is 0.799. The Kier molecular flexibility index (Phi) is 1.59. The summed E-state index contributed by atoms with van der Waals surface area (Å²) in [5, 5.41) is 0. The predicted octanol–water partition coefficient (Wildman–Crippen LogP) is 1.47. The average molecular weight is 201 g/mol. The monoisotopic (exact) mass is 201 g/mol. The van der Waals surface area contributed by atoms with Crippen molar-refractivity contribution in [3.05, 3.63) is 30.1 Å². The van der Waals surface area contributed by atoms with Crippen LogP contribution in [0.4, 0.5) is 0 Å². The van der Waals surface area contributed by atoms with Gasteiger partial charge in [0.2, 0.25) is 5.91 Å². The molecule has 1 aliphatic rings. The van der Waals surface area contributed by atoms with E-state index in [0.717, 1.165) is 11.0 Å². The molecule has 0 aliphatic heterocycles. The molecule has 2 aromatic rings. The molecule has 15 heavy (non-hydrogen) atoms. The number of nitrogens with two attached hydrogens (primary N) is 1. The lowest BCUT2D eigenvalue weighted by Crippen LogP contribution is -2.10. The Hall–Kier alpha value is -1.84. The van der Waals surface area contributed by atoms with E-state index in [1.165, 1.54) is 12.8 Å². The molecule has 4 nitrogen and oxygen atoms in total. The fourth-order valence-corrected chi connectivity index (χ4v) is 1.83. The average Bonchev–Trinajstić information content (AvgIpc) is 2.98. The zero-order valence-electron chi connectivity index (χ0n) is 8.18. The van der Waals surface area contributed by atoms with Gasteiger partial charge >= 0.3 is 0 Å². The van der Waals surface area contributed by atoms with Crippen molar-refractivity contribution in [3.63, 3.8) is 0 Å². The molecule has 3 rings (SSSR count). The lowest BCUT2D eigenvalue weighted by atomic mass is 10.2. The minimum Gasteiger partial charge on any atom is -0.366 e. The van der Waals surface area contributed by atoms with Gasteiger partial charge < -0.3 is 10.3 Å². The largest absolute Gasteiger partial charge is 0.366 e. The number of nitrogens with zero attached hydrogens (tertiary/aromatic N) is 2. The molecule has 1 aromatic heterocycles. The van der Waals surface area contributed by atoms with Crippen molar-refractivity contribution in [2.75, 3.05) is 0 Å². The van der Waals surface area contributed by atoms with Crippen molar-refractivity contribution in [2.24, 2.45) is 5.73 Å². The minimum atomic E-state index is -0.405. The molecule has 1 aliphatic carbocycles. The molecule has 0 atom stereocenters. The third-order valence-corrected chi connectivity index (χ3v) is 2.80. The van der Waals surface area contributed by atoms with Gasteiger partial charge in [0.1, 0.15) is 0 Å². The normalized spacial score (nSPS) is 15.7. The van der Waals surface area contributed by atoms with E-state index in [0.29, 0.717) is 11.6 Å². The van der Waals surface area contributed by atoms with E-state index in [4.69, 9.17) is 5.73 Å². The summed E-state index contributed by atoms with van der Waals surface area (Å²) in [5.74, 6) is -0.405. The number of imidazole rings is 1. The van der Waals surface area contributed by atoms with E-state index >= 15 is 0 Å². The Morgan fingerprint density at radius 3 is 2.93 bits per heavy atom. The number of primary amides is 1. The van der Waals surface area contributed by atoms with Crippen LogP contribution in [-0.2, 0) is 0 Å². The Morgan fingerprint density at radius 1 is 1.47 bits per heavy atom. The highest BCUT2D eigenvalue weighted by molar-refractivity contribution is 5.96. The summed E-state index contributed by atoms with van der Waals surface area (Å²) in [6.45, 7) is 0. The lowest BCUT2D eigenvalue weighted by molar-refractivity contribution is 0.100. The maximum atomic E-state index is 11.0. The van der Waals surface area contributed by atoms with Gasteiger partial charge in [-0.1, -0.05) is 0 Å². The van der Waals surface area contributed by atoms with Crippen LogP contribution in [0, 0.1) is 0 Å². The maximum Gasteiger partial charge on any atom is 0.248 e. The zero-order valence-corrected chi connectivity index (χ0v) is 8.18. The number of hydrogen-bond acceptors (Lipinski definition) is 2. The van der Waals surface area contributed by atoms with Gasteiger partial charge in [0.15, 0.2) is 0 Å². The second-order valence-corrected chi connectivity index (χ2v) is 3.95. The summed E-state index contributed by atoms with van der Waals surface area (Å²) < 4.78 is 2.17. The molecular weight excluding hydrogens is 190 g/mol. The van der Waals surface area contributed by atoms with E-state index in [-0.39, 0.29) is 0 Å². The number of rotatable bonds is 2. The molecule has 0 radical (unpaired) electrons. The molecule has 2 N–H and O–H groups in total. The molecule has 76 valence electrons. The van der Waals surface area contributed by atoms with Gasteiger partial charge in [0.05, 0.1) is 17.4 Å². The topological polar surface area (TPSA) is 60.9 Å². The Balaban J connectivity index is 2.17. The molecule has 1 saturated carbocycles. The van der Waals surface area contributed by atoms with Gasteiger partial charge in [-0.2, -0.15) is 0 Å². The highest BCUT2D eigenvalue weighted by Gasteiger charge is 2.24. The van der Waals surface area contributed by atoms with Crippen molar-refractivity contribution in [1.82, 2.24) is 9.55 Å². The van der Waals surface area contributed by atoms with E-state index in [2.05, 4.69) is 9.55 Å². The number of benzene rings is 1. The number of amides is 1. The number of fused-ring (bicyclic) bond motifs is 1.